The van der Waals surface area contributed by atoms with Crippen molar-refractivity contribution in [1.82, 2.24) is 5.32 Å². The number of aryl methyl sites for hydroxylation is 1. The van der Waals surface area contributed by atoms with Crippen LogP contribution >= 0.6 is 22.6 Å². The van der Waals surface area contributed by atoms with Crippen LogP contribution in [-0.4, -0.2) is 18.4 Å². The molecule has 18 heavy (non-hydrogen) atoms. The molecular formula is C13H15IN2O2. The van der Waals surface area contributed by atoms with E-state index in [1.54, 1.807) is 0 Å². The highest BCUT2D eigenvalue weighted by Gasteiger charge is 2.40. The van der Waals surface area contributed by atoms with Crippen LogP contribution in [-0.2, 0) is 9.59 Å². The van der Waals surface area contributed by atoms with Gasteiger partial charge < -0.3 is 10.6 Å². The summed E-state index contributed by atoms with van der Waals surface area (Å²) >= 11 is 2.23. The molecule has 0 aromatic heterocycles. The molecule has 1 aromatic rings. The Hall–Kier alpha value is -1.11. The average molecular weight is 358 g/mol. The van der Waals surface area contributed by atoms with E-state index in [2.05, 4.69) is 33.2 Å². The summed E-state index contributed by atoms with van der Waals surface area (Å²) in [6.07, 6.45) is 0.252. The molecule has 0 bridgehead atoms. The van der Waals surface area contributed by atoms with Gasteiger partial charge in [-0.3, -0.25) is 9.59 Å². The number of anilines is 1. The molecule has 2 rings (SSSR count). The van der Waals surface area contributed by atoms with Gasteiger partial charge in [-0.2, -0.15) is 0 Å². The first-order valence-electron chi connectivity index (χ1n) is 5.75. The number of nitrogens with one attached hydrogen (secondary N) is 2. The van der Waals surface area contributed by atoms with Crippen LogP contribution < -0.4 is 10.6 Å². The van der Waals surface area contributed by atoms with Crippen LogP contribution in [0.15, 0.2) is 18.2 Å². The summed E-state index contributed by atoms with van der Waals surface area (Å²) in [5.74, 6) is -0.169. The highest BCUT2D eigenvalue weighted by molar-refractivity contribution is 14.1. The standard InChI is InChI=1S/C13H15IN2O2/c1-8-5-9(14)3-4-10(8)16-12(18)13(2)6-11(17)15-7-13/h3-5H,6-7H2,1-2H3,(H,15,17)(H,16,18). The van der Waals surface area contributed by atoms with Crippen LogP contribution in [0.2, 0.25) is 0 Å². The zero-order valence-corrected chi connectivity index (χ0v) is 12.5. The third-order valence-electron chi connectivity index (χ3n) is 3.21. The van der Waals surface area contributed by atoms with Crippen molar-refractivity contribution in [3.8, 4) is 0 Å². The van der Waals surface area contributed by atoms with E-state index in [9.17, 15) is 9.59 Å². The fourth-order valence-electron chi connectivity index (χ4n) is 1.97. The zero-order chi connectivity index (χ0) is 13.3. The summed E-state index contributed by atoms with van der Waals surface area (Å²) in [6, 6.07) is 5.85. The van der Waals surface area contributed by atoms with Crippen molar-refractivity contribution in [3.63, 3.8) is 0 Å². The lowest BCUT2D eigenvalue weighted by atomic mass is 9.88. The topological polar surface area (TPSA) is 58.2 Å². The molecule has 4 nitrogen and oxygen atoms in total. The number of rotatable bonds is 2. The Morgan fingerprint density at radius 3 is 2.78 bits per heavy atom. The van der Waals surface area contributed by atoms with Crippen molar-refractivity contribution < 1.29 is 9.59 Å². The van der Waals surface area contributed by atoms with Gasteiger partial charge in [0.05, 0.1) is 5.41 Å². The molecule has 5 heteroatoms. The number of carbonyl (C=O) groups excluding carboxylic acids is 2. The summed E-state index contributed by atoms with van der Waals surface area (Å²) < 4.78 is 1.13. The maximum atomic E-state index is 12.2. The maximum absolute atomic E-state index is 12.2. The Kier molecular flexibility index (Phi) is 3.61. The van der Waals surface area contributed by atoms with E-state index in [0.29, 0.717) is 6.54 Å². The SMILES string of the molecule is Cc1cc(I)ccc1NC(=O)C1(C)CNC(=O)C1. The number of carbonyl (C=O) groups is 2. The lowest BCUT2D eigenvalue weighted by Crippen LogP contribution is -2.35. The van der Waals surface area contributed by atoms with Gasteiger partial charge in [-0.1, -0.05) is 0 Å². The Labute approximate surface area is 120 Å². The molecule has 2 amide bonds. The summed E-state index contributed by atoms with van der Waals surface area (Å²) in [6.45, 7) is 4.17. The van der Waals surface area contributed by atoms with Gasteiger partial charge in [0.1, 0.15) is 0 Å². The molecule has 1 aliphatic heterocycles. The fourth-order valence-corrected chi connectivity index (χ4v) is 2.62. The smallest absolute Gasteiger partial charge is 0.232 e. The second-order valence-electron chi connectivity index (χ2n) is 4.93. The number of hydrogen-bond acceptors (Lipinski definition) is 2. The maximum Gasteiger partial charge on any atom is 0.232 e. The molecule has 1 aromatic carbocycles. The molecule has 0 spiro atoms. The summed E-state index contributed by atoms with van der Waals surface area (Å²) in [5.41, 5.74) is 1.18. The molecule has 1 atom stereocenters. The second kappa shape index (κ2) is 4.87. The van der Waals surface area contributed by atoms with Gasteiger partial charge in [-0.15, -0.1) is 0 Å². The number of halogens is 1. The summed E-state index contributed by atoms with van der Waals surface area (Å²) in [5, 5.41) is 5.61. The first-order valence-corrected chi connectivity index (χ1v) is 6.83. The van der Waals surface area contributed by atoms with Crippen molar-refractivity contribution in [3.05, 3.63) is 27.3 Å². The molecule has 1 saturated heterocycles. The van der Waals surface area contributed by atoms with Crippen molar-refractivity contribution in [1.29, 1.82) is 0 Å². The lowest BCUT2D eigenvalue weighted by molar-refractivity contribution is -0.126. The molecule has 0 saturated carbocycles. The van der Waals surface area contributed by atoms with E-state index < -0.39 is 5.41 Å². The highest BCUT2D eigenvalue weighted by Crippen LogP contribution is 2.28. The van der Waals surface area contributed by atoms with E-state index in [4.69, 9.17) is 0 Å². The van der Waals surface area contributed by atoms with Crippen LogP contribution in [0.25, 0.3) is 0 Å². The molecule has 0 aliphatic carbocycles. The second-order valence-corrected chi connectivity index (χ2v) is 6.17. The monoisotopic (exact) mass is 358 g/mol. The fraction of sp³-hybridized carbons (Fsp3) is 0.385. The minimum atomic E-state index is -0.646. The minimum Gasteiger partial charge on any atom is -0.355 e. The summed E-state index contributed by atoms with van der Waals surface area (Å²) in [4.78, 5) is 23.4. The van der Waals surface area contributed by atoms with E-state index in [-0.39, 0.29) is 18.2 Å². The van der Waals surface area contributed by atoms with Crippen molar-refractivity contribution in [2.75, 3.05) is 11.9 Å². The molecular weight excluding hydrogens is 343 g/mol. The van der Waals surface area contributed by atoms with Crippen LogP contribution in [0, 0.1) is 15.9 Å². The Balaban J connectivity index is 2.14. The predicted octanol–water partition coefficient (Wildman–Crippen LogP) is 2.06. The quantitative estimate of drug-likeness (QED) is 0.796. The highest BCUT2D eigenvalue weighted by atomic mass is 127. The van der Waals surface area contributed by atoms with Gasteiger partial charge in [0.15, 0.2) is 0 Å². The first-order chi connectivity index (χ1) is 8.40. The Morgan fingerprint density at radius 1 is 1.50 bits per heavy atom. The van der Waals surface area contributed by atoms with E-state index in [0.717, 1.165) is 14.8 Å². The van der Waals surface area contributed by atoms with Gasteiger partial charge in [-0.25, -0.2) is 0 Å². The molecule has 96 valence electrons. The summed E-state index contributed by atoms with van der Waals surface area (Å²) in [7, 11) is 0. The third-order valence-corrected chi connectivity index (χ3v) is 3.88. The molecule has 1 unspecified atom stereocenters. The third kappa shape index (κ3) is 2.66. The number of benzene rings is 1. The van der Waals surface area contributed by atoms with Crippen molar-refractivity contribution in [2.24, 2.45) is 5.41 Å². The number of amides is 2. The average Bonchev–Trinajstić information content (AvgIpc) is 2.64. The van der Waals surface area contributed by atoms with Gasteiger partial charge in [-0.05, 0) is 60.2 Å². The normalized spacial score (nSPS) is 22.7. The van der Waals surface area contributed by atoms with Gasteiger partial charge in [0, 0.05) is 22.2 Å². The first kappa shape index (κ1) is 13.3. The van der Waals surface area contributed by atoms with Crippen LogP contribution in [0.5, 0.6) is 0 Å². The molecule has 2 N–H and O–H groups in total. The van der Waals surface area contributed by atoms with Gasteiger partial charge in [0.25, 0.3) is 0 Å². The van der Waals surface area contributed by atoms with Gasteiger partial charge >= 0.3 is 0 Å². The van der Waals surface area contributed by atoms with E-state index in [1.807, 2.05) is 32.0 Å². The van der Waals surface area contributed by atoms with Gasteiger partial charge in [0.2, 0.25) is 11.8 Å². The number of hydrogen-bond donors (Lipinski definition) is 2. The van der Waals surface area contributed by atoms with Crippen molar-refractivity contribution in [2.45, 2.75) is 20.3 Å². The minimum absolute atomic E-state index is 0.0630. The zero-order valence-electron chi connectivity index (χ0n) is 10.3. The van der Waals surface area contributed by atoms with Crippen LogP contribution in [0.1, 0.15) is 18.9 Å². The predicted molar refractivity (Wildman–Crippen MR) is 78.3 cm³/mol. The molecule has 1 heterocycles. The largest absolute Gasteiger partial charge is 0.355 e. The Bertz CT molecular complexity index is 516. The molecule has 1 aliphatic rings. The lowest BCUT2D eigenvalue weighted by Gasteiger charge is -2.21. The molecule has 1 fully saturated rings. The van der Waals surface area contributed by atoms with E-state index >= 15 is 0 Å². The van der Waals surface area contributed by atoms with Crippen molar-refractivity contribution >= 4 is 40.1 Å². The Morgan fingerprint density at radius 2 is 2.22 bits per heavy atom. The van der Waals surface area contributed by atoms with Crippen LogP contribution in [0.4, 0.5) is 5.69 Å². The van der Waals surface area contributed by atoms with Crippen LogP contribution in [0.3, 0.4) is 0 Å². The van der Waals surface area contributed by atoms with E-state index in [1.165, 1.54) is 0 Å². The molecule has 0 radical (unpaired) electrons.